The molecule has 9 heteroatoms. The first-order chi connectivity index (χ1) is 15.4. The normalized spacial score (nSPS) is 15.0. The molecule has 32 heavy (non-hydrogen) atoms. The van der Waals surface area contributed by atoms with Gasteiger partial charge < -0.3 is 19.3 Å². The summed E-state index contributed by atoms with van der Waals surface area (Å²) >= 11 is 0. The molecule has 1 amide bonds. The number of ether oxygens (including phenoxy) is 2. The van der Waals surface area contributed by atoms with E-state index in [1.807, 2.05) is 29.2 Å². The highest BCUT2D eigenvalue weighted by Gasteiger charge is 2.19. The second-order valence-electron chi connectivity index (χ2n) is 7.32. The number of hydrogen-bond acceptors (Lipinski definition) is 6. The number of nitrogens with zero attached hydrogens (tertiary/aromatic N) is 2. The molecule has 0 saturated carbocycles. The maximum Gasteiger partial charge on any atom is 0.246 e. The molecule has 0 aliphatic carbocycles. The molecule has 2 aromatic rings. The van der Waals surface area contributed by atoms with Crippen LogP contribution < -0.4 is 19.1 Å². The number of amides is 1. The van der Waals surface area contributed by atoms with Gasteiger partial charge in [-0.05, 0) is 61.5 Å². The molecule has 1 N–H and O–H groups in total. The number of methoxy groups -OCH3 is 2. The summed E-state index contributed by atoms with van der Waals surface area (Å²) in [4.78, 5) is 16.9. The Hall–Kier alpha value is -3.04. The van der Waals surface area contributed by atoms with Crippen molar-refractivity contribution in [3.63, 3.8) is 0 Å². The van der Waals surface area contributed by atoms with Crippen LogP contribution in [0.4, 0.5) is 5.69 Å². The summed E-state index contributed by atoms with van der Waals surface area (Å²) in [5.74, 6) is 0.958. The van der Waals surface area contributed by atoms with E-state index in [0.717, 1.165) is 30.9 Å². The van der Waals surface area contributed by atoms with Gasteiger partial charge in [-0.25, -0.2) is 13.1 Å². The molecule has 1 fully saturated rings. The molecule has 0 radical (unpaired) electrons. The van der Waals surface area contributed by atoms with Crippen molar-refractivity contribution in [2.24, 2.45) is 0 Å². The molecule has 0 bridgehead atoms. The molecule has 3 rings (SSSR count). The van der Waals surface area contributed by atoms with Gasteiger partial charge in [0.15, 0.2) is 0 Å². The van der Waals surface area contributed by atoms with Crippen molar-refractivity contribution >= 4 is 27.7 Å². The quantitative estimate of drug-likeness (QED) is 0.640. The lowest BCUT2D eigenvalue weighted by molar-refractivity contribution is -0.125. The maximum absolute atomic E-state index is 12.8. The first-order valence-electron chi connectivity index (χ1n) is 10.4. The van der Waals surface area contributed by atoms with Gasteiger partial charge in [0, 0.05) is 37.9 Å². The van der Waals surface area contributed by atoms with Crippen molar-refractivity contribution in [2.75, 3.05) is 52.3 Å². The van der Waals surface area contributed by atoms with Crippen molar-refractivity contribution in [1.82, 2.24) is 9.62 Å². The number of hydrogen-bond donors (Lipinski definition) is 1. The van der Waals surface area contributed by atoms with Crippen LogP contribution in [0.5, 0.6) is 11.5 Å². The number of anilines is 1. The summed E-state index contributed by atoms with van der Waals surface area (Å²) in [5.41, 5.74) is 1.70. The first-order valence-corrected chi connectivity index (χ1v) is 11.8. The van der Waals surface area contributed by atoms with E-state index in [2.05, 4.69) is 9.62 Å². The second-order valence-corrected chi connectivity index (χ2v) is 9.17. The Labute approximate surface area is 189 Å². The lowest BCUT2D eigenvalue weighted by Crippen LogP contribution is -2.34. The van der Waals surface area contributed by atoms with Crippen molar-refractivity contribution in [3.05, 3.63) is 54.1 Å². The fourth-order valence-electron chi connectivity index (χ4n) is 3.58. The Morgan fingerprint density at radius 1 is 1.00 bits per heavy atom. The van der Waals surface area contributed by atoms with Crippen LogP contribution in [0.2, 0.25) is 0 Å². The van der Waals surface area contributed by atoms with Crippen LogP contribution in [0.25, 0.3) is 6.08 Å². The smallest absolute Gasteiger partial charge is 0.246 e. The predicted octanol–water partition coefficient (Wildman–Crippen LogP) is 2.36. The fraction of sp³-hybridized carbons (Fsp3) is 0.348. The zero-order valence-corrected chi connectivity index (χ0v) is 19.4. The van der Waals surface area contributed by atoms with Gasteiger partial charge in [-0.2, -0.15) is 0 Å². The van der Waals surface area contributed by atoms with Crippen LogP contribution >= 0.6 is 0 Å². The first kappa shape index (κ1) is 23.6. The molecule has 1 aliphatic rings. The standard InChI is InChI=1S/C23H29N3O5S/c1-24-32(28,29)22-17-18(5-11-21(22)31-3)6-12-23(27)26-14-4-13-25(15-16-26)19-7-9-20(30-2)10-8-19/h5-12,17,24H,4,13-16H2,1-3H3/b12-6+. The van der Waals surface area contributed by atoms with E-state index in [9.17, 15) is 13.2 Å². The Balaban J connectivity index is 1.67. The van der Waals surface area contributed by atoms with Gasteiger partial charge in [-0.1, -0.05) is 6.07 Å². The van der Waals surface area contributed by atoms with Crippen molar-refractivity contribution in [1.29, 1.82) is 0 Å². The van der Waals surface area contributed by atoms with E-state index in [4.69, 9.17) is 9.47 Å². The minimum Gasteiger partial charge on any atom is -0.497 e. The lowest BCUT2D eigenvalue weighted by Gasteiger charge is -2.23. The van der Waals surface area contributed by atoms with Gasteiger partial charge in [0.1, 0.15) is 16.4 Å². The van der Waals surface area contributed by atoms with E-state index in [1.54, 1.807) is 25.3 Å². The van der Waals surface area contributed by atoms with E-state index in [0.29, 0.717) is 18.7 Å². The molecule has 0 unspecified atom stereocenters. The molecule has 0 aromatic heterocycles. The number of nitrogens with one attached hydrogen (secondary N) is 1. The summed E-state index contributed by atoms with van der Waals surface area (Å²) in [5, 5.41) is 0. The Morgan fingerprint density at radius 2 is 1.75 bits per heavy atom. The fourth-order valence-corrected chi connectivity index (χ4v) is 4.51. The summed E-state index contributed by atoms with van der Waals surface area (Å²) in [6.45, 7) is 2.87. The lowest BCUT2D eigenvalue weighted by atomic mass is 10.2. The maximum atomic E-state index is 12.8. The Morgan fingerprint density at radius 3 is 2.41 bits per heavy atom. The van der Waals surface area contributed by atoms with Crippen LogP contribution in [-0.4, -0.2) is 66.7 Å². The molecular weight excluding hydrogens is 430 g/mol. The minimum absolute atomic E-state index is 0.0296. The third-order valence-corrected chi connectivity index (χ3v) is 6.84. The van der Waals surface area contributed by atoms with Crippen LogP contribution in [0.1, 0.15) is 12.0 Å². The zero-order valence-electron chi connectivity index (χ0n) is 18.6. The summed E-state index contributed by atoms with van der Waals surface area (Å²) in [6, 6.07) is 12.7. The molecular formula is C23H29N3O5S. The summed E-state index contributed by atoms with van der Waals surface area (Å²) < 4.78 is 37.1. The van der Waals surface area contributed by atoms with Crippen LogP contribution in [0, 0.1) is 0 Å². The van der Waals surface area contributed by atoms with Gasteiger partial charge in [0.2, 0.25) is 15.9 Å². The Bertz CT molecular complexity index is 1070. The van der Waals surface area contributed by atoms with Crippen LogP contribution in [0.3, 0.4) is 0 Å². The number of carbonyl (C=O) groups is 1. The van der Waals surface area contributed by atoms with E-state index in [1.165, 1.54) is 26.3 Å². The average molecular weight is 460 g/mol. The average Bonchev–Trinajstić information content (AvgIpc) is 3.09. The monoisotopic (exact) mass is 459 g/mol. The zero-order chi connectivity index (χ0) is 23.1. The number of sulfonamides is 1. The largest absolute Gasteiger partial charge is 0.497 e. The minimum atomic E-state index is -3.68. The molecule has 172 valence electrons. The summed E-state index contributed by atoms with van der Waals surface area (Å²) in [6.07, 6.45) is 3.97. The van der Waals surface area contributed by atoms with E-state index >= 15 is 0 Å². The van der Waals surface area contributed by atoms with Crippen LogP contribution in [-0.2, 0) is 14.8 Å². The van der Waals surface area contributed by atoms with Gasteiger partial charge in [-0.3, -0.25) is 4.79 Å². The van der Waals surface area contributed by atoms with Crippen LogP contribution in [0.15, 0.2) is 53.4 Å². The molecule has 1 heterocycles. The number of rotatable bonds is 7. The highest BCUT2D eigenvalue weighted by Crippen LogP contribution is 2.25. The predicted molar refractivity (Wildman–Crippen MR) is 125 cm³/mol. The SMILES string of the molecule is CNS(=O)(=O)c1cc(/C=C/C(=O)N2CCCN(c3ccc(OC)cc3)CC2)ccc1OC. The van der Waals surface area contributed by atoms with Gasteiger partial charge in [0.25, 0.3) is 0 Å². The number of benzene rings is 2. The molecule has 1 saturated heterocycles. The number of carbonyl (C=O) groups excluding carboxylic acids is 1. The highest BCUT2D eigenvalue weighted by molar-refractivity contribution is 7.89. The van der Waals surface area contributed by atoms with E-state index < -0.39 is 10.0 Å². The molecule has 2 aromatic carbocycles. The second kappa shape index (κ2) is 10.5. The molecule has 8 nitrogen and oxygen atoms in total. The van der Waals surface area contributed by atoms with Gasteiger partial charge in [-0.15, -0.1) is 0 Å². The van der Waals surface area contributed by atoms with Crippen molar-refractivity contribution in [2.45, 2.75) is 11.3 Å². The Kier molecular flexibility index (Phi) is 7.76. The molecule has 0 spiro atoms. The molecule has 0 atom stereocenters. The van der Waals surface area contributed by atoms with Crippen molar-refractivity contribution in [3.8, 4) is 11.5 Å². The summed E-state index contributed by atoms with van der Waals surface area (Å²) in [7, 11) is 0.718. The molecule has 1 aliphatic heterocycles. The third-order valence-electron chi connectivity index (χ3n) is 5.41. The van der Waals surface area contributed by atoms with Crippen molar-refractivity contribution < 1.29 is 22.7 Å². The van der Waals surface area contributed by atoms with Gasteiger partial charge >= 0.3 is 0 Å². The highest BCUT2D eigenvalue weighted by atomic mass is 32.2. The third kappa shape index (κ3) is 5.60. The van der Waals surface area contributed by atoms with Gasteiger partial charge in [0.05, 0.1) is 14.2 Å². The topological polar surface area (TPSA) is 88.2 Å². The van der Waals surface area contributed by atoms with E-state index in [-0.39, 0.29) is 16.6 Å².